The van der Waals surface area contributed by atoms with E-state index in [4.69, 9.17) is 9.15 Å². The largest absolute Gasteiger partial charge is 0.423 e. The maximum Gasteiger partial charge on any atom is 0.302 e. The van der Waals surface area contributed by atoms with Crippen LogP contribution in [-0.2, 0) is 11.8 Å². The number of para-hydroxylation sites is 2. The van der Waals surface area contributed by atoms with Crippen LogP contribution in [0.25, 0.3) is 22.1 Å². The van der Waals surface area contributed by atoms with Gasteiger partial charge in [-0.3, -0.25) is 10.1 Å². The summed E-state index contributed by atoms with van der Waals surface area (Å²) in [7, 11) is 1.87. The van der Waals surface area contributed by atoms with Gasteiger partial charge in [-0.05, 0) is 37.3 Å². The summed E-state index contributed by atoms with van der Waals surface area (Å²) >= 11 is 0. The smallest absolute Gasteiger partial charge is 0.302 e. The fraction of sp³-hybridized carbons (Fsp3) is 0.250. The molecular formula is C20H20N4O4. The zero-order valence-corrected chi connectivity index (χ0v) is 15.5. The second kappa shape index (κ2) is 7.41. The molecule has 0 fully saturated rings. The number of hydrogen-bond donors (Lipinski definition) is 2. The van der Waals surface area contributed by atoms with Crippen molar-refractivity contribution in [3.8, 4) is 0 Å². The molecule has 0 radical (unpaired) electrons. The Morgan fingerprint density at radius 2 is 2.07 bits per heavy atom. The molecular weight excluding hydrogens is 360 g/mol. The number of oxazole rings is 1. The molecule has 4 rings (SSSR count). The van der Waals surface area contributed by atoms with Crippen LogP contribution in [0.4, 0.5) is 12.0 Å². The highest BCUT2D eigenvalue weighted by Crippen LogP contribution is 2.24. The van der Waals surface area contributed by atoms with Gasteiger partial charge in [-0.25, -0.2) is 4.98 Å². The van der Waals surface area contributed by atoms with Crippen LogP contribution in [0.3, 0.4) is 0 Å². The fourth-order valence-electron chi connectivity index (χ4n) is 2.91. The van der Waals surface area contributed by atoms with Gasteiger partial charge in [0, 0.05) is 12.6 Å². The molecule has 1 atom stereocenters. The van der Waals surface area contributed by atoms with E-state index in [0.717, 1.165) is 11.0 Å². The van der Waals surface area contributed by atoms with Crippen LogP contribution in [0.1, 0.15) is 17.3 Å². The number of carbonyl (C=O) groups is 1. The average Bonchev–Trinajstić information content (AvgIpc) is 3.22. The molecule has 1 unspecified atom stereocenters. The topological polar surface area (TPSA) is 102 Å². The first-order valence-electron chi connectivity index (χ1n) is 8.89. The van der Waals surface area contributed by atoms with Crippen molar-refractivity contribution in [1.82, 2.24) is 14.5 Å². The van der Waals surface area contributed by atoms with E-state index in [9.17, 15) is 9.90 Å². The Morgan fingerprint density at radius 3 is 2.86 bits per heavy atom. The summed E-state index contributed by atoms with van der Waals surface area (Å²) in [5.41, 5.74) is 3.48. The van der Waals surface area contributed by atoms with Crippen LogP contribution >= 0.6 is 0 Å². The summed E-state index contributed by atoms with van der Waals surface area (Å²) in [5, 5.41) is 12.3. The number of ether oxygens (including phenoxy) is 1. The highest BCUT2D eigenvalue weighted by molar-refractivity contribution is 6.00. The molecule has 0 saturated carbocycles. The number of nitrogens with one attached hydrogen (secondary N) is 1. The minimum Gasteiger partial charge on any atom is -0.423 e. The molecule has 8 heteroatoms. The summed E-state index contributed by atoms with van der Waals surface area (Å²) in [6.07, 6.45) is -0.605. The standard InChI is InChI=1S/C20H20N4O4/c1-12(25)10-27-11-17(26)13-7-8-16-15(9-13)21-19(24(16)2)23-20-22-14-5-3-4-6-18(14)28-20/h3-9,12,25H,10-11H2,1-2H3,(H,21,22,23). The molecule has 0 aliphatic heterocycles. The molecule has 0 amide bonds. The van der Waals surface area contributed by atoms with Crippen LogP contribution in [0.5, 0.6) is 0 Å². The average molecular weight is 380 g/mol. The third kappa shape index (κ3) is 3.60. The third-order valence-corrected chi connectivity index (χ3v) is 4.31. The Kier molecular flexibility index (Phi) is 4.81. The van der Waals surface area contributed by atoms with E-state index in [2.05, 4.69) is 15.3 Å². The van der Waals surface area contributed by atoms with Crippen molar-refractivity contribution in [2.75, 3.05) is 18.5 Å². The molecule has 0 spiro atoms. The molecule has 8 nitrogen and oxygen atoms in total. The van der Waals surface area contributed by atoms with Gasteiger partial charge in [0.15, 0.2) is 11.4 Å². The summed E-state index contributed by atoms with van der Waals surface area (Å²) in [6, 6.07) is 13.1. The predicted octanol–water partition coefficient (Wildman–Crippen LogP) is 3.04. The number of aromatic nitrogens is 3. The van der Waals surface area contributed by atoms with E-state index in [0.29, 0.717) is 28.6 Å². The van der Waals surface area contributed by atoms with Crippen LogP contribution in [0.2, 0.25) is 0 Å². The molecule has 0 aliphatic rings. The van der Waals surface area contributed by atoms with E-state index < -0.39 is 6.10 Å². The number of nitrogens with zero attached hydrogens (tertiary/aromatic N) is 3. The SMILES string of the molecule is CC(O)COCC(=O)c1ccc2c(c1)nc(Nc1nc3ccccc3o1)n2C. The van der Waals surface area contributed by atoms with Gasteiger partial charge >= 0.3 is 6.01 Å². The normalized spacial score (nSPS) is 12.5. The summed E-state index contributed by atoms with van der Waals surface area (Å²) < 4.78 is 12.7. The van der Waals surface area contributed by atoms with Gasteiger partial charge in [0.05, 0.1) is 23.7 Å². The van der Waals surface area contributed by atoms with E-state index in [1.807, 2.05) is 41.9 Å². The number of imidazole rings is 1. The molecule has 28 heavy (non-hydrogen) atoms. The molecule has 0 aliphatic carbocycles. The first-order chi connectivity index (χ1) is 13.5. The second-order valence-electron chi connectivity index (χ2n) is 6.60. The Hall–Kier alpha value is -3.23. The van der Waals surface area contributed by atoms with Gasteiger partial charge in [-0.15, -0.1) is 0 Å². The molecule has 0 bridgehead atoms. The number of Topliss-reactive ketones (excluding diaryl/α,β-unsaturated/α-hetero) is 1. The van der Waals surface area contributed by atoms with Gasteiger partial charge in [0.25, 0.3) is 0 Å². The van der Waals surface area contributed by atoms with Crippen LogP contribution in [0, 0.1) is 0 Å². The minimum atomic E-state index is -0.605. The summed E-state index contributed by atoms with van der Waals surface area (Å²) in [5.74, 6) is 0.387. The van der Waals surface area contributed by atoms with Crippen LogP contribution < -0.4 is 5.32 Å². The van der Waals surface area contributed by atoms with Crippen molar-refractivity contribution >= 4 is 39.9 Å². The first kappa shape index (κ1) is 18.1. The molecule has 4 aromatic rings. The van der Waals surface area contributed by atoms with Crippen molar-refractivity contribution in [3.63, 3.8) is 0 Å². The highest BCUT2D eigenvalue weighted by atomic mass is 16.5. The predicted molar refractivity (Wildman–Crippen MR) is 105 cm³/mol. The van der Waals surface area contributed by atoms with Crippen LogP contribution in [-0.4, -0.2) is 44.7 Å². The number of aryl methyl sites for hydroxylation is 1. The van der Waals surface area contributed by atoms with E-state index in [-0.39, 0.29) is 19.0 Å². The number of fused-ring (bicyclic) bond motifs is 2. The lowest BCUT2D eigenvalue weighted by Gasteiger charge is -2.05. The van der Waals surface area contributed by atoms with Gasteiger partial charge < -0.3 is 18.8 Å². The molecule has 2 N–H and O–H groups in total. The molecule has 2 aromatic heterocycles. The van der Waals surface area contributed by atoms with Crippen molar-refractivity contribution in [2.45, 2.75) is 13.0 Å². The number of rotatable bonds is 7. The van der Waals surface area contributed by atoms with Gasteiger partial charge in [0.1, 0.15) is 12.1 Å². The Labute approximate surface area is 160 Å². The number of aliphatic hydroxyl groups is 1. The first-order valence-corrected chi connectivity index (χ1v) is 8.89. The van der Waals surface area contributed by atoms with E-state index >= 15 is 0 Å². The maximum atomic E-state index is 12.3. The molecule has 2 heterocycles. The van der Waals surface area contributed by atoms with Gasteiger partial charge in [-0.1, -0.05) is 12.1 Å². The van der Waals surface area contributed by atoms with Crippen molar-refractivity contribution < 1.29 is 19.1 Å². The maximum absolute atomic E-state index is 12.3. The number of carbonyl (C=O) groups excluding carboxylic acids is 1. The zero-order chi connectivity index (χ0) is 19.7. The van der Waals surface area contributed by atoms with Crippen molar-refractivity contribution in [3.05, 3.63) is 48.0 Å². The second-order valence-corrected chi connectivity index (χ2v) is 6.60. The van der Waals surface area contributed by atoms with Gasteiger partial charge in [0.2, 0.25) is 5.95 Å². The van der Waals surface area contributed by atoms with E-state index in [1.54, 1.807) is 19.1 Å². The number of aliphatic hydroxyl groups excluding tert-OH is 1. The molecule has 2 aromatic carbocycles. The Balaban J connectivity index is 1.56. The monoisotopic (exact) mass is 380 g/mol. The zero-order valence-electron chi connectivity index (χ0n) is 15.5. The fourth-order valence-corrected chi connectivity index (χ4v) is 2.91. The lowest BCUT2D eigenvalue weighted by Crippen LogP contribution is -2.16. The summed E-state index contributed by atoms with van der Waals surface area (Å²) in [6.45, 7) is 1.64. The number of ketones is 1. The third-order valence-electron chi connectivity index (χ3n) is 4.31. The number of anilines is 2. The Morgan fingerprint density at radius 1 is 1.25 bits per heavy atom. The lowest BCUT2D eigenvalue weighted by molar-refractivity contribution is 0.0425. The van der Waals surface area contributed by atoms with Gasteiger partial charge in [-0.2, -0.15) is 4.98 Å². The highest BCUT2D eigenvalue weighted by Gasteiger charge is 2.14. The summed E-state index contributed by atoms with van der Waals surface area (Å²) in [4.78, 5) is 21.2. The Bertz CT molecular complexity index is 1110. The van der Waals surface area contributed by atoms with Crippen molar-refractivity contribution in [1.29, 1.82) is 0 Å². The van der Waals surface area contributed by atoms with E-state index in [1.165, 1.54) is 0 Å². The van der Waals surface area contributed by atoms with Crippen molar-refractivity contribution in [2.24, 2.45) is 7.05 Å². The molecule has 0 saturated heterocycles. The minimum absolute atomic E-state index is 0.0861. The number of hydrogen-bond acceptors (Lipinski definition) is 7. The quantitative estimate of drug-likeness (QED) is 0.475. The lowest BCUT2D eigenvalue weighted by atomic mass is 10.1. The number of benzene rings is 2. The molecule has 144 valence electrons. The van der Waals surface area contributed by atoms with Crippen LogP contribution in [0.15, 0.2) is 46.9 Å².